The zero-order valence-corrected chi connectivity index (χ0v) is 7.67. The van der Waals surface area contributed by atoms with Gasteiger partial charge in [0.1, 0.15) is 0 Å². The first kappa shape index (κ1) is 9.08. The van der Waals surface area contributed by atoms with E-state index in [0.717, 1.165) is 19.3 Å². The minimum Gasteiger partial charge on any atom is -0.411 e. The van der Waals surface area contributed by atoms with Crippen LogP contribution in [0.3, 0.4) is 0 Å². The molecule has 1 rings (SSSR count). The predicted molar refractivity (Wildman–Crippen MR) is 46.5 cm³/mol. The van der Waals surface area contributed by atoms with Gasteiger partial charge in [0.15, 0.2) is 0 Å². The molecule has 0 spiro atoms. The van der Waals surface area contributed by atoms with Crippen LogP contribution in [0.5, 0.6) is 0 Å². The van der Waals surface area contributed by atoms with Gasteiger partial charge in [-0.05, 0) is 25.6 Å². The number of rotatable bonds is 2. The normalized spacial score (nSPS) is 26.2. The second kappa shape index (κ2) is 4.12. The third-order valence-electron chi connectivity index (χ3n) is 1.88. The summed E-state index contributed by atoms with van der Waals surface area (Å²) in [4.78, 5) is 0. The lowest BCUT2D eigenvalue weighted by atomic mass is 9.77. The van der Waals surface area contributed by atoms with E-state index in [0.29, 0.717) is 12.0 Å². The van der Waals surface area contributed by atoms with Crippen LogP contribution in [0.15, 0.2) is 0 Å². The summed E-state index contributed by atoms with van der Waals surface area (Å²) in [7, 11) is 0.0544. The Morgan fingerprint density at radius 3 is 2.82 bits per heavy atom. The Morgan fingerprint density at radius 2 is 2.27 bits per heavy atom. The Morgan fingerprint density at radius 1 is 1.55 bits per heavy atom. The van der Waals surface area contributed by atoms with Crippen molar-refractivity contribution in [3.8, 4) is 0 Å². The molecule has 0 saturated carbocycles. The lowest BCUT2D eigenvalue weighted by Gasteiger charge is -2.26. The van der Waals surface area contributed by atoms with Gasteiger partial charge >= 0.3 is 7.12 Å². The summed E-state index contributed by atoms with van der Waals surface area (Å²) >= 11 is 0. The molecule has 11 heavy (non-hydrogen) atoms. The van der Waals surface area contributed by atoms with Gasteiger partial charge in [-0.1, -0.05) is 13.8 Å². The summed E-state index contributed by atoms with van der Waals surface area (Å²) in [6, 6.07) is 0. The largest absolute Gasteiger partial charge is 0.457 e. The molecule has 1 fully saturated rings. The minimum absolute atomic E-state index is 0.0544. The van der Waals surface area contributed by atoms with E-state index >= 15 is 0 Å². The fourth-order valence-corrected chi connectivity index (χ4v) is 1.24. The average molecular weight is 156 g/mol. The standard InChI is InChI=1S/C8H17BO2/c1-7(2)6-9-10-5-4-8(3)11-9/h7-8H,4-6H2,1-3H3. The zero-order valence-electron chi connectivity index (χ0n) is 7.67. The SMILES string of the molecule is CC(C)CB1OCCC(C)O1. The van der Waals surface area contributed by atoms with Crippen LogP contribution in [0.25, 0.3) is 0 Å². The summed E-state index contributed by atoms with van der Waals surface area (Å²) in [5.41, 5.74) is 0. The maximum absolute atomic E-state index is 5.57. The second-order valence-corrected chi connectivity index (χ2v) is 3.67. The maximum atomic E-state index is 5.57. The smallest absolute Gasteiger partial charge is 0.411 e. The van der Waals surface area contributed by atoms with Crippen molar-refractivity contribution in [2.24, 2.45) is 5.92 Å². The third-order valence-corrected chi connectivity index (χ3v) is 1.88. The van der Waals surface area contributed by atoms with Gasteiger partial charge in [-0.2, -0.15) is 0 Å². The Bertz CT molecular complexity index is 115. The van der Waals surface area contributed by atoms with Crippen LogP contribution in [0.1, 0.15) is 27.2 Å². The van der Waals surface area contributed by atoms with Crippen LogP contribution < -0.4 is 0 Å². The van der Waals surface area contributed by atoms with Crippen molar-refractivity contribution >= 4 is 7.12 Å². The summed E-state index contributed by atoms with van der Waals surface area (Å²) < 4.78 is 11.0. The minimum atomic E-state index is 0.0544. The molecule has 0 aromatic carbocycles. The lowest BCUT2D eigenvalue weighted by Crippen LogP contribution is -2.35. The molecule has 2 nitrogen and oxygen atoms in total. The molecule has 1 atom stereocenters. The average Bonchev–Trinajstić information content (AvgIpc) is 1.85. The van der Waals surface area contributed by atoms with Gasteiger partial charge in [0.2, 0.25) is 0 Å². The first-order valence-corrected chi connectivity index (χ1v) is 4.45. The lowest BCUT2D eigenvalue weighted by molar-refractivity contribution is 0.0765. The van der Waals surface area contributed by atoms with Gasteiger partial charge in [-0.15, -0.1) is 0 Å². The van der Waals surface area contributed by atoms with Crippen LogP contribution in [-0.4, -0.2) is 19.8 Å². The fourth-order valence-electron chi connectivity index (χ4n) is 1.24. The van der Waals surface area contributed by atoms with Crippen LogP contribution >= 0.6 is 0 Å². The molecule has 0 bridgehead atoms. The maximum Gasteiger partial charge on any atom is 0.457 e. The Balaban J connectivity index is 2.23. The van der Waals surface area contributed by atoms with Gasteiger partial charge in [-0.25, -0.2) is 0 Å². The van der Waals surface area contributed by atoms with Crippen molar-refractivity contribution in [2.75, 3.05) is 6.61 Å². The molecule has 0 aromatic rings. The van der Waals surface area contributed by atoms with Gasteiger partial charge in [0.05, 0.1) is 0 Å². The van der Waals surface area contributed by atoms with Crippen molar-refractivity contribution in [3.63, 3.8) is 0 Å². The highest BCUT2D eigenvalue weighted by atomic mass is 16.6. The summed E-state index contributed by atoms with van der Waals surface area (Å²) in [5, 5.41) is 0. The summed E-state index contributed by atoms with van der Waals surface area (Å²) in [6.07, 6.45) is 2.44. The second-order valence-electron chi connectivity index (χ2n) is 3.67. The van der Waals surface area contributed by atoms with Crippen LogP contribution in [0.2, 0.25) is 6.32 Å². The molecule has 1 heterocycles. The molecule has 64 valence electrons. The third kappa shape index (κ3) is 3.26. The highest BCUT2D eigenvalue weighted by molar-refractivity contribution is 6.44. The molecule has 1 saturated heterocycles. The topological polar surface area (TPSA) is 18.5 Å². The molecule has 0 aliphatic carbocycles. The molecule has 1 aliphatic heterocycles. The highest BCUT2D eigenvalue weighted by Gasteiger charge is 2.26. The number of hydrogen-bond donors (Lipinski definition) is 0. The monoisotopic (exact) mass is 156 g/mol. The summed E-state index contributed by atoms with van der Waals surface area (Å²) in [6.45, 7) is 7.34. The first-order valence-electron chi connectivity index (χ1n) is 4.45. The van der Waals surface area contributed by atoms with E-state index in [1.807, 2.05) is 0 Å². The zero-order chi connectivity index (χ0) is 8.27. The quantitative estimate of drug-likeness (QED) is 0.569. The molecule has 3 heteroatoms. The van der Waals surface area contributed by atoms with E-state index in [-0.39, 0.29) is 7.12 Å². The van der Waals surface area contributed by atoms with E-state index in [9.17, 15) is 0 Å². The van der Waals surface area contributed by atoms with E-state index in [1.54, 1.807) is 0 Å². The Hall–Kier alpha value is -0.0151. The van der Waals surface area contributed by atoms with Crippen LogP contribution in [0.4, 0.5) is 0 Å². The van der Waals surface area contributed by atoms with Crippen molar-refractivity contribution < 1.29 is 9.31 Å². The molecule has 1 unspecified atom stereocenters. The molecule has 1 aliphatic rings. The molecular weight excluding hydrogens is 139 g/mol. The molecule has 0 aromatic heterocycles. The highest BCUT2D eigenvalue weighted by Crippen LogP contribution is 2.15. The van der Waals surface area contributed by atoms with E-state index < -0.39 is 0 Å². The Labute approximate surface area is 69.4 Å². The summed E-state index contributed by atoms with van der Waals surface area (Å²) in [5.74, 6) is 0.658. The predicted octanol–water partition coefficient (Wildman–Crippen LogP) is 1.96. The Kier molecular flexibility index (Phi) is 3.40. The molecular formula is C8H17BO2. The van der Waals surface area contributed by atoms with Crippen LogP contribution in [0, 0.1) is 5.92 Å². The van der Waals surface area contributed by atoms with Gasteiger partial charge in [-0.3, -0.25) is 0 Å². The van der Waals surface area contributed by atoms with Crippen molar-refractivity contribution in [2.45, 2.75) is 39.6 Å². The molecule has 0 radical (unpaired) electrons. The van der Waals surface area contributed by atoms with Gasteiger partial charge in [0, 0.05) is 12.7 Å². The van der Waals surface area contributed by atoms with Gasteiger partial charge < -0.3 is 9.31 Å². The van der Waals surface area contributed by atoms with E-state index in [1.165, 1.54) is 0 Å². The molecule has 0 N–H and O–H groups in total. The van der Waals surface area contributed by atoms with E-state index in [4.69, 9.17) is 9.31 Å². The molecule has 0 amide bonds. The van der Waals surface area contributed by atoms with E-state index in [2.05, 4.69) is 20.8 Å². The van der Waals surface area contributed by atoms with Crippen molar-refractivity contribution in [3.05, 3.63) is 0 Å². The van der Waals surface area contributed by atoms with Crippen molar-refractivity contribution in [1.82, 2.24) is 0 Å². The van der Waals surface area contributed by atoms with Crippen molar-refractivity contribution in [1.29, 1.82) is 0 Å². The number of hydrogen-bond acceptors (Lipinski definition) is 2. The van der Waals surface area contributed by atoms with Gasteiger partial charge in [0.25, 0.3) is 0 Å². The fraction of sp³-hybridized carbons (Fsp3) is 1.00. The first-order chi connectivity index (χ1) is 5.18. The van der Waals surface area contributed by atoms with Crippen LogP contribution in [-0.2, 0) is 9.31 Å².